The van der Waals surface area contributed by atoms with Crippen molar-refractivity contribution < 1.29 is 19.1 Å². The number of H-pyrrole nitrogens is 1. The number of hydrogen-bond acceptors (Lipinski definition) is 3. The molecular weight excluding hydrogens is 361 g/mol. The Balaban J connectivity index is 1.56. The van der Waals surface area contributed by atoms with Crippen molar-refractivity contribution in [2.75, 3.05) is 6.61 Å². The highest BCUT2D eigenvalue weighted by molar-refractivity contribution is 5.98. The summed E-state index contributed by atoms with van der Waals surface area (Å²) in [4.78, 5) is 27.4. The van der Waals surface area contributed by atoms with Crippen molar-refractivity contribution in [3.8, 4) is 0 Å². The fraction of sp³-hybridized carbons (Fsp3) is 0.143. The number of rotatable bonds is 7. The number of para-hydroxylation sites is 1. The number of nitrogens with one attached hydrogen (secondary N) is 3. The maximum Gasteiger partial charge on any atom is 0.245 e. The van der Waals surface area contributed by atoms with Gasteiger partial charge < -0.3 is 20.7 Å². The molecule has 0 saturated carbocycles. The molecule has 144 valence electrons. The molecule has 0 fully saturated rings. The van der Waals surface area contributed by atoms with Crippen molar-refractivity contribution in [3.63, 3.8) is 0 Å². The molecule has 4 N–H and O–H groups in total. The second-order valence-electron chi connectivity index (χ2n) is 6.21. The zero-order chi connectivity index (χ0) is 19.9. The van der Waals surface area contributed by atoms with Gasteiger partial charge in [-0.15, -0.1) is 0 Å². The summed E-state index contributed by atoms with van der Waals surface area (Å²) < 4.78 is 12.9. The van der Waals surface area contributed by atoms with Crippen LogP contribution in [0.15, 0.2) is 60.8 Å². The molecule has 7 heteroatoms. The molecule has 0 spiro atoms. The van der Waals surface area contributed by atoms with Gasteiger partial charge in [0.25, 0.3) is 0 Å². The summed E-state index contributed by atoms with van der Waals surface area (Å²) >= 11 is 0. The highest BCUT2D eigenvalue weighted by atomic mass is 19.1. The van der Waals surface area contributed by atoms with E-state index in [-0.39, 0.29) is 12.4 Å². The van der Waals surface area contributed by atoms with E-state index in [4.69, 9.17) is 0 Å². The minimum absolute atomic E-state index is 0.163. The van der Waals surface area contributed by atoms with Crippen LogP contribution in [0.3, 0.4) is 0 Å². The molecule has 0 aliphatic rings. The lowest BCUT2D eigenvalue weighted by molar-refractivity contribution is -0.128. The van der Waals surface area contributed by atoms with Crippen LogP contribution in [0, 0.1) is 5.82 Å². The number of carbonyl (C=O) groups is 2. The third kappa shape index (κ3) is 4.83. The van der Waals surface area contributed by atoms with Crippen molar-refractivity contribution >= 4 is 28.8 Å². The summed E-state index contributed by atoms with van der Waals surface area (Å²) in [5, 5.41) is 15.5. The number of aliphatic hydroxyl groups excluding tert-OH is 1. The van der Waals surface area contributed by atoms with Crippen LogP contribution in [0.5, 0.6) is 0 Å². The summed E-state index contributed by atoms with van der Waals surface area (Å²) in [5.41, 5.74) is 2.50. The fourth-order valence-corrected chi connectivity index (χ4v) is 2.73. The number of carbonyl (C=O) groups excluding carboxylic acids is 2. The number of aliphatic hydroxyl groups is 1. The lowest BCUT2D eigenvalue weighted by Gasteiger charge is -2.15. The fourth-order valence-electron chi connectivity index (χ4n) is 2.73. The lowest BCUT2D eigenvalue weighted by Crippen LogP contribution is -2.48. The van der Waals surface area contributed by atoms with Crippen LogP contribution in [0.2, 0.25) is 0 Å². The van der Waals surface area contributed by atoms with E-state index in [9.17, 15) is 19.1 Å². The molecule has 2 aromatic carbocycles. The number of aromatic nitrogens is 1. The predicted octanol–water partition coefficient (Wildman–Crippen LogP) is 2.11. The van der Waals surface area contributed by atoms with E-state index < -0.39 is 24.5 Å². The van der Waals surface area contributed by atoms with Crippen molar-refractivity contribution in [3.05, 3.63) is 77.7 Å². The summed E-state index contributed by atoms with van der Waals surface area (Å²) in [5.74, 6) is -1.39. The minimum Gasteiger partial charge on any atom is -0.394 e. The van der Waals surface area contributed by atoms with Crippen molar-refractivity contribution in [2.24, 2.45) is 0 Å². The Morgan fingerprint density at radius 1 is 1.14 bits per heavy atom. The number of fused-ring (bicyclic) bond motifs is 1. The average molecular weight is 381 g/mol. The standard InChI is InChI=1S/C21H20FN3O3/c22-16-8-5-14(6-9-16)11-24-21(28)19(13-26)25-20(27)10-7-15-12-23-18-4-2-1-3-17(15)18/h1-10,12,19,23,26H,11,13H2,(H,24,28)(H,25,27). The first-order valence-electron chi connectivity index (χ1n) is 8.74. The Kier molecular flexibility index (Phi) is 6.18. The van der Waals surface area contributed by atoms with Gasteiger partial charge in [0.05, 0.1) is 6.61 Å². The highest BCUT2D eigenvalue weighted by Gasteiger charge is 2.18. The van der Waals surface area contributed by atoms with Gasteiger partial charge in [0, 0.05) is 29.7 Å². The van der Waals surface area contributed by atoms with Gasteiger partial charge in [-0.3, -0.25) is 9.59 Å². The topological polar surface area (TPSA) is 94.2 Å². The summed E-state index contributed by atoms with van der Waals surface area (Å²) in [6.45, 7) is -0.376. The van der Waals surface area contributed by atoms with Gasteiger partial charge in [-0.25, -0.2) is 4.39 Å². The normalized spacial score (nSPS) is 12.2. The first-order chi connectivity index (χ1) is 13.6. The molecule has 2 amide bonds. The first kappa shape index (κ1) is 19.3. The van der Waals surface area contributed by atoms with E-state index >= 15 is 0 Å². The molecule has 6 nitrogen and oxygen atoms in total. The molecular formula is C21H20FN3O3. The first-order valence-corrected chi connectivity index (χ1v) is 8.74. The van der Waals surface area contributed by atoms with E-state index in [1.807, 2.05) is 24.3 Å². The van der Waals surface area contributed by atoms with Crippen molar-refractivity contribution in [1.82, 2.24) is 15.6 Å². The van der Waals surface area contributed by atoms with Crippen LogP contribution in [0.1, 0.15) is 11.1 Å². The molecule has 0 saturated heterocycles. The number of amides is 2. The van der Waals surface area contributed by atoms with Crippen LogP contribution >= 0.6 is 0 Å². The number of aromatic amines is 1. The van der Waals surface area contributed by atoms with Gasteiger partial charge in [-0.2, -0.15) is 0 Å². The van der Waals surface area contributed by atoms with Crippen LogP contribution < -0.4 is 10.6 Å². The zero-order valence-corrected chi connectivity index (χ0v) is 15.0. The zero-order valence-electron chi connectivity index (χ0n) is 15.0. The number of benzene rings is 2. The monoisotopic (exact) mass is 381 g/mol. The predicted molar refractivity (Wildman–Crippen MR) is 105 cm³/mol. The molecule has 1 aromatic heterocycles. The summed E-state index contributed by atoms with van der Waals surface area (Å²) in [7, 11) is 0. The second kappa shape index (κ2) is 8.96. The Morgan fingerprint density at radius 2 is 1.89 bits per heavy atom. The van der Waals surface area contributed by atoms with Gasteiger partial charge in [-0.05, 0) is 35.4 Å². The summed E-state index contributed by atoms with van der Waals surface area (Å²) in [6.07, 6.45) is 4.73. The maximum absolute atomic E-state index is 12.9. The molecule has 1 heterocycles. The molecule has 0 radical (unpaired) electrons. The minimum atomic E-state index is -1.08. The van der Waals surface area contributed by atoms with Gasteiger partial charge in [0.2, 0.25) is 11.8 Å². The van der Waals surface area contributed by atoms with Gasteiger partial charge >= 0.3 is 0 Å². The molecule has 3 rings (SSSR count). The van der Waals surface area contributed by atoms with Crippen molar-refractivity contribution in [2.45, 2.75) is 12.6 Å². The molecule has 1 unspecified atom stereocenters. The largest absolute Gasteiger partial charge is 0.394 e. The van der Waals surface area contributed by atoms with Gasteiger partial charge in [0.1, 0.15) is 11.9 Å². The average Bonchev–Trinajstić information content (AvgIpc) is 3.13. The summed E-state index contributed by atoms with van der Waals surface area (Å²) in [6, 6.07) is 12.3. The van der Waals surface area contributed by atoms with E-state index in [0.717, 1.165) is 16.5 Å². The van der Waals surface area contributed by atoms with E-state index in [0.29, 0.717) is 5.56 Å². The maximum atomic E-state index is 12.9. The Hall–Kier alpha value is -3.45. The molecule has 1 atom stereocenters. The van der Waals surface area contributed by atoms with E-state index in [1.54, 1.807) is 24.4 Å². The molecule has 3 aromatic rings. The molecule has 0 aliphatic heterocycles. The third-order valence-corrected chi connectivity index (χ3v) is 4.23. The quantitative estimate of drug-likeness (QED) is 0.472. The lowest BCUT2D eigenvalue weighted by atomic mass is 10.1. The van der Waals surface area contributed by atoms with Crippen LogP contribution in [0.4, 0.5) is 4.39 Å². The van der Waals surface area contributed by atoms with E-state index in [2.05, 4.69) is 15.6 Å². The molecule has 28 heavy (non-hydrogen) atoms. The molecule has 0 aliphatic carbocycles. The van der Waals surface area contributed by atoms with Crippen LogP contribution in [-0.2, 0) is 16.1 Å². The molecule has 0 bridgehead atoms. The van der Waals surface area contributed by atoms with Crippen LogP contribution in [0.25, 0.3) is 17.0 Å². The van der Waals surface area contributed by atoms with Crippen LogP contribution in [-0.4, -0.2) is 34.6 Å². The SMILES string of the molecule is O=C(C=Cc1c[nH]c2ccccc12)NC(CO)C(=O)NCc1ccc(F)cc1. The highest BCUT2D eigenvalue weighted by Crippen LogP contribution is 2.18. The van der Waals surface area contributed by atoms with Gasteiger partial charge in [0.15, 0.2) is 0 Å². The second-order valence-corrected chi connectivity index (χ2v) is 6.21. The smallest absolute Gasteiger partial charge is 0.245 e. The third-order valence-electron chi connectivity index (χ3n) is 4.23. The Morgan fingerprint density at radius 3 is 2.64 bits per heavy atom. The van der Waals surface area contributed by atoms with E-state index in [1.165, 1.54) is 18.2 Å². The number of hydrogen-bond donors (Lipinski definition) is 4. The van der Waals surface area contributed by atoms with Crippen molar-refractivity contribution in [1.29, 1.82) is 0 Å². The Labute approximate surface area is 161 Å². The van der Waals surface area contributed by atoms with Gasteiger partial charge in [-0.1, -0.05) is 30.3 Å². The number of halogens is 1. The Bertz CT molecular complexity index is 996.